The highest BCUT2D eigenvalue weighted by atomic mass is 16.5. The van der Waals surface area contributed by atoms with Gasteiger partial charge in [0, 0.05) is 6.54 Å². The lowest BCUT2D eigenvalue weighted by Gasteiger charge is -2.16. The number of benzene rings is 3. The number of ether oxygens (including phenoxy) is 1. The molecule has 0 aromatic heterocycles. The molecule has 0 radical (unpaired) electrons. The van der Waals surface area contributed by atoms with Crippen LogP contribution in [0.1, 0.15) is 18.1 Å². The largest absolute Gasteiger partial charge is 0.466 e. The van der Waals surface area contributed by atoms with E-state index in [0.29, 0.717) is 6.42 Å². The molecule has 32 heavy (non-hydrogen) atoms. The van der Waals surface area contributed by atoms with Gasteiger partial charge in [-0.05, 0) is 35.2 Å². The quantitative estimate of drug-likeness (QED) is 0.483. The average Bonchev–Trinajstić information content (AvgIpc) is 2.81. The zero-order chi connectivity index (χ0) is 22.8. The minimum atomic E-state index is -0.493. The van der Waals surface area contributed by atoms with E-state index in [1.807, 2.05) is 72.8 Å². The maximum absolute atomic E-state index is 12.4. The third-order valence-corrected chi connectivity index (χ3v) is 5.17. The summed E-state index contributed by atoms with van der Waals surface area (Å²) in [7, 11) is 0. The number of amides is 2. The van der Waals surface area contributed by atoms with Crippen LogP contribution >= 0.6 is 0 Å². The molecule has 0 aliphatic rings. The van der Waals surface area contributed by atoms with Crippen LogP contribution in [0.25, 0.3) is 10.8 Å². The second-order valence-electron chi connectivity index (χ2n) is 7.53. The van der Waals surface area contributed by atoms with Crippen LogP contribution in [0.5, 0.6) is 0 Å². The van der Waals surface area contributed by atoms with Gasteiger partial charge in [0.2, 0.25) is 11.8 Å². The molecule has 1 unspecified atom stereocenters. The third kappa shape index (κ3) is 6.67. The first-order chi connectivity index (χ1) is 15.6. The van der Waals surface area contributed by atoms with Gasteiger partial charge in [0.1, 0.15) is 0 Å². The molecular formula is C26H28N2O4. The molecule has 1 atom stereocenters. The highest BCUT2D eigenvalue weighted by Crippen LogP contribution is 2.18. The lowest BCUT2D eigenvalue weighted by atomic mass is 9.99. The van der Waals surface area contributed by atoms with Crippen molar-refractivity contribution in [1.82, 2.24) is 10.6 Å². The first-order valence-corrected chi connectivity index (χ1v) is 10.8. The summed E-state index contributed by atoms with van der Waals surface area (Å²) in [6.45, 7) is 2.03. The van der Waals surface area contributed by atoms with Crippen LogP contribution < -0.4 is 10.6 Å². The molecule has 0 aliphatic heterocycles. The summed E-state index contributed by atoms with van der Waals surface area (Å²) >= 11 is 0. The van der Waals surface area contributed by atoms with Crippen LogP contribution in [-0.2, 0) is 32.0 Å². The lowest BCUT2D eigenvalue weighted by molar-refractivity contribution is -0.148. The van der Waals surface area contributed by atoms with Crippen molar-refractivity contribution < 1.29 is 19.1 Å². The second-order valence-corrected chi connectivity index (χ2v) is 7.53. The fraction of sp³-hybridized carbons (Fsp3) is 0.269. The molecule has 0 saturated carbocycles. The molecule has 2 amide bonds. The highest BCUT2D eigenvalue weighted by Gasteiger charge is 2.21. The van der Waals surface area contributed by atoms with Crippen LogP contribution in [-0.4, -0.2) is 37.5 Å². The number of carbonyl (C=O) groups excluding carboxylic acids is 3. The van der Waals surface area contributed by atoms with Crippen LogP contribution in [0.4, 0.5) is 0 Å². The van der Waals surface area contributed by atoms with Gasteiger partial charge in [0.05, 0.1) is 25.5 Å². The SMILES string of the molecule is CCOC(=O)C(CNC(=O)CNC(=O)Cc1cccc2ccccc12)Cc1ccccc1. The van der Waals surface area contributed by atoms with Crippen molar-refractivity contribution in [2.24, 2.45) is 5.92 Å². The monoisotopic (exact) mass is 432 g/mol. The van der Waals surface area contributed by atoms with E-state index in [-0.39, 0.29) is 43.9 Å². The maximum Gasteiger partial charge on any atom is 0.311 e. The Balaban J connectivity index is 1.50. The van der Waals surface area contributed by atoms with Crippen molar-refractivity contribution in [1.29, 1.82) is 0 Å². The predicted octanol–water partition coefficient (Wildman–Crippen LogP) is 3.04. The summed E-state index contributed by atoms with van der Waals surface area (Å²) in [5.41, 5.74) is 1.90. The Morgan fingerprint density at radius 1 is 0.844 bits per heavy atom. The van der Waals surface area contributed by atoms with Crippen molar-refractivity contribution in [3.63, 3.8) is 0 Å². The zero-order valence-corrected chi connectivity index (χ0v) is 18.2. The summed E-state index contributed by atoms with van der Waals surface area (Å²) in [4.78, 5) is 36.9. The molecule has 0 heterocycles. The van der Waals surface area contributed by atoms with Crippen molar-refractivity contribution in [2.45, 2.75) is 19.8 Å². The summed E-state index contributed by atoms with van der Waals surface area (Å²) in [6, 6.07) is 23.3. The van der Waals surface area contributed by atoms with Gasteiger partial charge in [-0.2, -0.15) is 0 Å². The smallest absolute Gasteiger partial charge is 0.311 e. The van der Waals surface area contributed by atoms with Crippen LogP contribution in [0, 0.1) is 5.92 Å². The van der Waals surface area contributed by atoms with E-state index in [2.05, 4.69) is 10.6 Å². The molecule has 3 aromatic rings. The summed E-state index contributed by atoms with van der Waals surface area (Å²) in [5, 5.41) is 7.48. The highest BCUT2D eigenvalue weighted by molar-refractivity contribution is 5.91. The summed E-state index contributed by atoms with van der Waals surface area (Å²) < 4.78 is 5.15. The Labute approximate surface area is 188 Å². The fourth-order valence-electron chi connectivity index (χ4n) is 3.56. The lowest BCUT2D eigenvalue weighted by Crippen LogP contribution is -2.41. The Kier molecular flexibility index (Phi) is 8.37. The van der Waals surface area contributed by atoms with Gasteiger partial charge in [0.25, 0.3) is 0 Å². The van der Waals surface area contributed by atoms with E-state index in [0.717, 1.165) is 21.9 Å². The first kappa shape index (κ1) is 23.0. The number of esters is 1. The van der Waals surface area contributed by atoms with E-state index in [4.69, 9.17) is 4.74 Å². The standard InChI is InChI=1S/C26H28N2O4/c1-2-32-26(31)22(15-19-9-4-3-5-10-19)17-27-25(30)18-28-24(29)16-21-13-8-12-20-11-6-7-14-23(20)21/h3-14,22H,2,15-18H2,1H3,(H,27,30)(H,28,29). The molecule has 3 aromatic carbocycles. The fourth-order valence-corrected chi connectivity index (χ4v) is 3.56. The number of nitrogens with one attached hydrogen (secondary N) is 2. The van der Waals surface area contributed by atoms with E-state index >= 15 is 0 Å². The Morgan fingerprint density at radius 3 is 2.34 bits per heavy atom. The molecule has 166 valence electrons. The van der Waals surface area contributed by atoms with Crippen molar-refractivity contribution in [2.75, 3.05) is 19.7 Å². The van der Waals surface area contributed by atoms with Gasteiger partial charge in [-0.15, -0.1) is 0 Å². The minimum Gasteiger partial charge on any atom is -0.466 e. The third-order valence-electron chi connectivity index (χ3n) is 5.17. The molecule has 3 rings (SSSR count). The average molecular weight is 433 g/mol. The number of hydrogen-bond donors (Lipinski definition) is 2. The van der Waals surface area contributed by atoms with Gasteiger partial charge < -0.3 is 15.4 Å². The van der Waals surface area contributed by atoms with Gasteiger partial charge in [0.15, 0.2) is 0 Å². The van der Waals surface area contributed by atoms with E-state index in [1.54, 1.807) is 6.92 Å². The van der Waals surface area contributed by atoms with Crippen LogP contribution in [0.15, 0.2) is 72.8 Å². The van der Waals surface area contributed by atoms with E-state index < -0.39 is 5.92 Å². The molecule has 0 saturated heterocycles. The first-order valence-electron chi connectivity index (χ1n) is 10.8. The molecule has 0 aliphatic carbocycles. The Morgan fingerprint density at radius 2 is 1.56 bits per heavy atom. The van der Waals surface area contributed by atoms with Gasteiger partial charge in [-0.3, -0.25) is 14.4 Å². The minimum absolute atomic E-state index is 0.145. The Hall–Kier alpha value is -3.67. The maximum atomic E-state index is 12.4. The molecular weight excluding hydrogens is 404 g/mol. The summed E-state index contributed by atoms with van der Waals surface area (Å²) in [6.07, 6.45) is 0.654. The number of hydrogen-bond acceptors (Lipinski definition) is 4. The number of fused-ring (bicyclic) bond motifs is 1. The van der Waals surface area contributed by atoms with E-state index in [9.17, 15) is 14.4 Å². The topological polar surface area (TPSA) is 84.5 Å². The molecule has 0 spiro atoms. The van der Waals surface area contributed by atoms with Crippen LogP contribution in [0.3, 0.4) is 0 Å². The molecule has 6 heteroatoms. The molecule has 6 nitrogen and oxygen atoms in total. The van der Waals surface area contributed by atoms with Gasteiger partial charge in [-0.25, -0.2) is 0 Å². The van der Waals surface area contributed by atoms with Crippen molar-refractivity contribution in [3.05, 3.63) is 83.9 Å². The van der Waals surface area contributed by atoms with Crippen molar-refractivity contribution in [3.8, 4) is 0 Å². The predicted molar refractivity (Wildman–Crippen MR) is 124 cm³/mol. The van der Waals surface area contributed by atoms with E-state index in [1.165, 1.54) is 0 Å². The molecule has 2 N–H and O–H groups in total. The van der Waals surface area contributed by atoms with Crippen LogP contribution in [0.2, 0.25) is 0 Å². The normalized spacial score (nSPS) is 11.5. The second kappa shape index (κ2) is 11.6. The molecule has 0 fully saturated rings. The Bertz CT molecular complexity index is 1060. The van der Waals surface area contributed by atoms with Gasteiger partial charge in [-0.1, -0.05) is 72.8 Å². The zero-order valence-electron chi connectivity index (χ0n) is 18.2. The number of carbonyl (C=O) groups is 3. The van der Waals surface area contributed by atoms with Gasteiger partial charge >= 0.3 is 5.97 Å². The number of rotatable bonds is 10. The summed E-state index contributed by atoms with van der Waals surface area (Å²) in [5.74, 6) is -1.43. The van der Waals surface area contributed by atoms with Crippen molar-refractivity contribution >= 4 is 28.6 Å². The molecule has 0 bridgehead atoms.